The zero-order chi connectivity index (χ0) is 29.1. The van der Waals surface area contributed by atoms with Crippen LogP contribution in [0, 0.1) is 5.41 Å². The average Bonchev–Trinajstić information content (AvgIpc) is 2.93. The summed E-state index contributed by atoms with van der Waals surface area (Å²) < 4.78 is 6.13. The van der Waals surface area contributed by atoms with E-state index >= 15 is 0 Å². The van der Waals surface area contributed by atoms with Gasteiger partial charge in [-0.05, 0) is 0 Å². The molecule has 1 heterocycles. The molecule has 3 aromatic carbocycles. The predicted molar refractivity (Wildman–Crippen MR) is 165 cm³/mol. The fraction of sp³-hybridized carbons (Fsp3) is 0.424. The van der Waals surface area contributed by atoms with Crippen molar-refractivity contribution >= 4 is 29.1 Å². The van der Waals surface area contributed by atoms with Crippen molar-refractivity contribution in [1.82, 2.24) is 5.32 Å². The summed E-state index contributed by atoms with van der Waals surface area (Å²) in [5.74, 6) is -0.316. The number of carbonyl (C=O) groups is 1. The third-order valence-electron chi connectivity index (χ3n) is 8.46. The first-order valence-electron chi connectivity index (χ1n) is 14.1. The molecule has 3 aromatic rings. The van der Waals surface area contributed by atoms with Crippen molar-refractivity contribution in [2.45, 2.75) is 77.2 Å². The van der Waals surface area contributed by atoms with Gasteiger partial charge in [-0.25, -0.2) is 0 Å². The summed E-state index contributed by atoms with van der Waals surface area (Å²) in [7, 11) is -2.34. The van der Waals surface area contributed by atoms with Crippen LogP contribution >= 0.6 is 7.26 Å². The summed E-state index contributed by atoms with van der Waals surface area (Å²) in [6.45, 7) is 9.66. The molecule has 4 rings (SSSR count). The van der Waals surface area contributed by atoms with Crippen molar-refractivity contribution in [2.75, 3.05) is 6.61 Å². The van der Waals surface area contributed by atoms with Gasteiger partial charge >= 0.3 is 239 Å². The summed E-state index contributed by atoms with van der Waals surface area (Å²) in [5.41, 5.74) is 0.985. The minimum absolute atomic E-state index is 0.316. The number of nitrogens with one attached hydrogen (secondary N) is 1. The monoisotopic (exact) mass is 565 g/mol. The van der Waals surface area contributed by atoms with E-state index in [0.29, 0.717) is 12.1 Å². The Hall–Kier alpha value is -2.60. The number of ether oxygens (including phenoxy) is 1. The summed E-state index contributed by atoms with van der Waals surface area (Å²) >= 11 is 0. The van der Waals surface area contributed by atoms with E-state index in [-0.39, 0.29) is 5.91 Å². The van der Waals surface area contributed by atoms with Gasteiger partial charge in [0.25, 0.3) is 0 Å². The van der Waals surface area contributed by atoms with Crippen molar-refractivity contribution in [3.8, 4) is 0 Å². The van der Waals surface area contributed by atoms with Crippen LogP contribution in [0.4, 0.5) is 0 Å². The third kappa shape index (κ3) is 5.88. The number of carbonyl (C=O) groups excluding carboxylic acids is 1. The first-order valence-corrected chi connectivity index (χ1v) is 16.2. The Morgan fingerprint density at radius 3 is 1.82 bits per heavy atom. The van der Waals surface area contributed by atoms with Gasteiger partial charge in [0.1, 0.15) is 0 Å². The van der Waals surface area contributed by atoms with E-state index < -0.39 is 49.7 Å². The van der Waals surface area contributed by atoms with Gasteiger partial charge in [0.2, 0.25) is 0 Å². The van der Waals surface area contributed by atoms with E-state index in [2.05, 4.69) is 104 Å². The van der Waals surface area contributed by atoms with Crippen molar-refractivity contribution in [3.63, 3.8) is 0 Å². The summed E-state index contributed by atoms with van der Waals surface area (Å²) in [6.07, 6.45) is -3.48. The summed E-state index contributed by atoms with van der Waals surface area (Å²) in [4.78, 5) is 12.0. The van der Waals surface area contributed by atoms with Crippen LogP contribution in [0.1, 0.15) is 40.2 Å². The van der Waals surface area contributed by atoms with Crippen molar-refractivity contribution in [3.05, 3.63) is 90.5 Å². The molecule has 6 nitrogen and oxygen atoms in total. The molecule has 0 saturated carbocycles. The van der Waals surface area contributed by atoms with Crippen LogP contribution in [0.2, 0.25) is 0 Å². The van der Waals surface area contributed by atoms with Crippen LogP contribution in [-0.4, -0.2) is 64.0 Å². The molecule has 4 N–H and O–H groups in total. The maximum atomic E-state index is 12.0. The van der Waals surface area contributed by atoms with Gasteiger partial charge in [0, 0.05) is 0 Å². The Balaban J connectivity index is 1.69. The van der Waals surface area contributed by atoms with Gasteiger partial charge in [0.05, 0.1) is 0 Å². The molecular weight excluding hydrogens is 521 g/mol. The number of aliphatic hydroxyl groups is 3. The molecular formula is C33H44NO5P. The van der Waals surface area contributed by atoms with Crippen LogP contribution in [-0.2, 0) is 16.0 Å². The molecule has 0 radical (unpaired) electrons. The Labute approximate surface area is 238 Å². The Morgan fingerprint density at radius 1 is 0.875 bits per heavy atom. The van der Waals surface area contributed by atoms with Gasteiger partial charge in [-0.3, -0.25) is 0 Å². The van der Waals surface area contributed by atoms with E-state index in [1.165, 1.54) is 22.8 Å². The number of aliphatic hydroxyl groups excluding tert-OH is 3. The molecule has 3 unspecified atom stereocenters. The van der Waals surface area contributed by atoms with E-state index in [4.69, 9.17) is 4.74 Å². The molecule has 1 fully saturated rings. The SMILES string of the molecule is CC(=O)NC1C(O)[C@@H](O)C(CO)O[C@H]1C(C)(C)Cc1ccc([PH](c2ccccc2)(c2ccccc2)C(C)C)cc1. The predicted octanol–water partition coefficient (Wildman–Crippen LogP) is 2.68. The molecule has 7 heteroatoms. The zero-order valence-corrected chi connectivity index (χ0v) is 25.1. The maximum absolute atomic E-state index is 12.0. The van der Waals surface area contributed by atoms with E-state index in [1.54, 1.807) is 0 Å². The first kappa shape index (κ1) is 30.4. The molecule has 1 aliphatic heterocycles. The molecule has 1 amide bonds. The van der Waals surface area contributed by atoms with Crippen LogP contribution in [0.5, 0.6) is 0 Å². The quantitative estimate of drug-likeness (QED) is 0.299. The topological polar surface area (TPSA) is 99.0 Å². The molecule has 1 aliphatic rings. The fourth-order valence-electron chi connectivity index (χ4n) is 6.60. The fourth-order valence-corrected chi connectivity index (χ4v) is 11.7. The number of rotatable bonds is 9. The number of amides is 1. The first-order chi connectivity index (χ1) is 19.0. The van der Waals surface area contributed by atoms with Crippen LogP contribution in [0.15, 0.2) is 84.9 Å². The van der Waals surface area contributed by atoms with Crippen LogP contribution in [0.3, 0.4) is 0 Å². The number of hydrogen-bond donors (Lipinski definition) is 4. The van der Waals surface area contributed by atoms with Gasteiger partial charge in [-0.1, -0.05) is 0 Å². The Morgan fingerprint density at radius 2 is 1.38 bits per heavy atom. The van der Waals surface area contributed by atoms with Gasteiger partial charge in [-0.2, -0.15) is 0 Å². The molecule has 1 saturated heterocycles. The van der Waals surface area contributed by atoms with Crippen LogP contribution in [0.25, 0.3) is 0 Å². The van der Waals surface area contributed by atoms with Gasteiger partial charge in [-0.15, -0.1) is 0 Å². The standard InChI is InChI=1S/C33H44NO5P/c1-22(2)40(25-12-8-6-9-13-25,26-14-10-7-11-15-26)27-18-16-24(17-19-27)20-33(4,5)32-29(34-23(3)36)31(38)30(37)28(21-35)39-32/h6-19,22,28-32,35,37-38,40H,20-21H2,1-5H3,(H,34,36)/t28?,29?,30-,31?,32+/m0/s1. The molecule has 0 spiro atoms. The summed E-state index contributed by atoms with van der Waals surface area (Å²) in [5, 5.41) is 37.9. The van der Waals surface area contributed by atoms with Gasteiger partial charge in [0.15, 0.2) is 0 Å². The average molecular weight is 566 g/mol. The van der Waals surface area contributed by atoms with E-state index in [9.17, 15) is 20.1 Å². The summed E-state index contributed by atoms with van der Waals surface area (Å²) in [6, 6.07) is 29.8. The molecule has 5 atom stereocenters. The third-order valence-corrected chi connectivity index (χ3v) is 13.9. The zero-order valence-electron chi connectivity index (χ0n) is 24.1. The van der Waals surface area contributed by atoms with Gasteiger partial charge < -0.3 is 0 Å². The Kier molecular flexibility index (Phi) is 9.49. The normalized spacial score (nSPS) is 24.1. The second-order valence-electron chi connectivity index (χ2n) is 12.0. The number of benzene rings is 3. The minimum atomic E-state index is -2.34. The Bertz CT molecular complexity index is 1210. The number of hydrogen-bond acceptors (Lipinski definition) is 5. The van der Waals surface area contributed by atoms with Crippen molar-refractivity contribution in [1.29, 1.82) is 0 Å². The van der Waals surface area contributed by atoms with E-state index in [0.717, 1.165) is 5.56 Å². The van der Waals surface area contributed by atoms with Crippen molar-refractivity contribution in [2.24, 2.45) is 5.41 Å². The van der Waals surface area contributed by atoms with E-state index in [1.807, 2.05) is 13.8 Å². The molecule has 216 valence electrons. The van der Waals surface area contributed by atoms with Crippen molar-refractivity contribution < 1.29 is 24.9 Å². The van der Waals surface area contributed by atoms with Crippen LogP contribution < -0.4 is 21.2 Å². The second-order valence-corrected chi connectivity index (χ2v) is 16.5. The molecule has 40 heavy (non-hydrogen) atoms. The molecule has 0 aliphatic carbocycles. The molecule has 0 aromatic heterocycles. The second kappa shape index (κ2) is 12.5. The molecule has 0 bridgehead atoms.